The minimum absolute atomic E-state index is 0.0399. The van der Waals surface area contributed by atoms with Crippen molar-refractivity contribution in [1.29, 1.82) is 0 Å². The third-order valence-corrected chi connectivity index (χ3v) is 7.56. The minimum Gasteiger partial charge on any atom is -0.345 e. The first kappa shape index (κ1) is 26.4. The molecule has 5 nitrogen and oxygen atoms in total. The summed E-state index contributed by atoms with van der Waals surface area (Å²) in [5.74, 6) is 1.71. The minimum atomic E-state index is -0.169. The number of rotatable bonds is 11. The predicted molar refractivity (Wildman–Crippen MR) is 158 cm³/mol. The smallest absolute Gasteiger partial charge is 0.220 e. The second-order valence-electron chi connectivity index (χ2n) is 9.51. The summed E-state index contributed by atoms with van der Waals surface area (Å²) >= 11 is 1.64. The van der Waals surface area contributed by atoms with Crippen molar-refractivity contribution in [1.82, 2.24) is 20.1 Å². The largest absolute Gasteiger partial charge is 0.345 e. The summed E-state index contributed by atoms with van der Waals surface area (Å²) in [6, 6.07) is 38.8. The van der Waals surface area contributed by atoms with E-state index in [9.17, 15) is 4.79 Å². The summed E-state index contributed by atoms with van der Waals surface area (Å²) in [5.41, 5.74) is 5.59. The van der Waals surface area contributed by atoms with Crippen LogP contribution in [0.5, 0.6) is 0 Å². The fourth-order valence-corrected chi connectivity index (χ4v) is 5.43. The molecule has 6 heteroatoms. The highest BCUT2D eigenvalue weighted by Gasteiger charge is 2.18. The van der Waals surface area contributed by atoms with E-state index in [2.05, 4.69) is 87.7 Å². The molecule has 0 aliphatic heterocycles. The molecular formula is C33H32N4OS. The molecule has 0 fully saturated rings. The normalized spacial score (nSPS) is 11.0. The third-order valence-electron chi connectivity index (χ3n) is 6.55. The Labute approximate surface area is 234 Å². The number of amides is 1. The van der Waals surface area contributed by atoms with Gasteiger partial charge in [0.2, 0.25) is 5.91 Å². The van der Waals surface area contributed by atoms with Gasteiger partial charge in [0.15, 0.2) is 5.16 Å². The van der Waals surface area contributed by atoms with Crippen molar-refractivity contribution in [3.63, 3.8) is 0 Å². The van der Waals surface area contributed by atoms with Gasteiger partial charge < -0.3 is 5.32 Å². The number of benzene rings is 4. The molecule has 1 heterocycles. The highest BCUT2D eigenvalue weighted by molar-refractivity contribution is 7.99. The first-order valence-corrected chi connectivity index (χ1v) is 14.2. The molecule has 1 N–H and O–H groups in total. The molecule has 0 unspecified atom stereocenters. The molecule has 5 aromatic rings. The Morgan fingerprint density at radius 2 is 1.38 bits per heavy atom. The van der Waals surface area contributed by atoms with Crippen molar-refractivity contribution in [2.75, 3.05) is 5.75 Å². The van der Waals surface area contributed by atoms with Gasteiger partial charge in [0.25, 0.3) is 0 Å². The molecule has 0 atom stereocenters. The van der Waals surface area contributed by atoms with Crippen molar-refractivity contribution in [2.45, 2.75) is 37.4 Å². The Morgan fingerprint density at radius 1 is 0.795 bits per heavy atom. The van der Waals surface area contributed by atoms with Gasteiger partial charge in [-0.3, -0.25) is 9.36 Å². The van der Waals surface area contributed by atoms with Crippen LogP contribution < -0.4 is 5.32 Å². The van der Waals surface area contributed by atoms with Crippen LogP contribution in [0, 0.1) is 6.92 Å². The fourth-order valence-electron chi connectivity index (χ4n) is 4.52. The summed E-state index contributed by atoms with van der Waals surface area (Å²) < 4.78 is 2.14. The zero-order valence-corrected chi connectivity index (χ0v) is 22.9. The van der Waals surface area contributed by atoms with Gasteiger partial charge in [0.05, 0.1) is 6.04 Å². The van der Waals surface area contributed by atoms with Gasteiger partial charge in [0.1, 0.15) is 5.82 Å². The number of aromatic nitrogens is 3. The van der Waals surface area contributed by atoms with E-state index in [1.54, 1.807) is 11.8 Å². The Hall–Kier alpha value is -4.16. The van der Waals surface area contributed by atoms with Gasteiger partial charge in [-0.25, -0.2) is 0 Å². The number of hydrogen-bond donors (Lipinski definition) is 1. The van der Waals surface area contributed by atoms with E-state index in [4.69, 9.17) is 0 Å². The zero-order valence-electron chi connectivity index (χ0n) is 22.0. The second kappa shape index (κ2) is 13.1. The summed E-state index contributed by atoms with van der Waals surface area (Å²) in [4.78, 5) is 13.0. The summed E-state index contributed by atoms with van der Waals surface area (Å²) in [5, 5.41) is 13.2. The molecule has 1 amide bonds. The molecule has 0 bridgehead atoms. The van der Waals surface area contributed by atoms with Gasteiger partial charge in [0, 0.05) is 24.3 Å². The molecule has 5 rings (SSSR count). The van der Waals surface area contributed by atoms with Gasteiger partial charge in [-0.1, -0.05) is 120 Å². The Bertz CT molecular complexity index is 1430. The van der Waals surface area contributed by atoms with Gasteiger partial charge in [-0.05, 0) is 42.2 Å². The standard InChI is InChI=1S/C33H32N4OS/c1-25-19-21-29(22-20-25)37-30(24-26-12-5-2-6-13-26)35-36-33(37)39-23-11-18-31(38)34-32(27-14-7-3-8-15-27)28-16-9-4-10-17-28/h2-10,12-17,19-22,32H,11,18,23-24H2,1H3,(H,34,38). The first-order valence-electron chi connectivity index (χ1n) is 13.2. The third kappa shape index (κ3) is 7.03. The van der Waals surface area contributed by atoms with E-state index in [-0.39, 0.29) is 11.9 Å². The molecule has 0 saturated carbocycles. The van der Waals surface area contributed by atoms with E-state index < -0.39 is 0 Å². The molecule has 0 aliphatic rings. The first-order chi connectivity index (χ1) is 19.2. The quantitative estimate of drug-likeness (QED) is 0.148. The highest BCUT2D eigenvalue weighted by Crippen LogP contribution is 2.26. The fraction of sp³-hybridized carbons (Fsp3) is 0.182. The van der Waals surface area contributed by atoms with Crippen LogP contribution in [0.4, 0.5) is 0 Å². The van der Waals surface area contributed by atoms with Crippen LogP contribution in [0.3, 0.4) is 0 Å². The molecule has 39 heavy (non-hydrogen) atoms. The van der Waals surface area contributed by atoms with Gasteiger partial charge in [-0.15, -0.1) is 10.2 Å². The van der Waals surface area contributed by atoms with E-state index in [1.165, 1.54) is 11.1 Å². The van der Waals surface area contributed by atoms with E-state index in [1.807, 2.05) is 54.6 Å². The Balaban J connectivity index is 1.24. The van der Waals surface area contributed by atoms with Crippen LogP contribution in [0.1, 0.15) is 47.0 Å². The van der Waals surface area contributed by atoms with E-state index >= 15 is 0 Å². The number of carbonyl (C=O) groups is 1. The number of hydrogen-bond acceptors (Lipinski definition) is 4. The van der Waals surface area contributed by atoms with E-state index in [0.717, 1.165) is 40.0 Å². The van der Waals surface area contributed by atoms with Crippen LogP contribution in [0.25, 0.3) is 5.69 Å². The molecule has 4 aromatic carbocycles. The molecule has 0 saturated heterocycles. The Kier molecular flexibility index (Phi) is 8.86. The molecule has 0 aliphatic carbocycles. The number of aryl methyl sites for hydroxylation is 1. The lowest BCUT2D eigenvalue weighted by atomic mass is 9.98. The number of carbonyl (C=O) groups excluding carboxylic acids is 1. The molecule has 0 spiro atoms. The molecule has 196 valence electrons. The molecule has 1 aromatic heterocycles. The maximum Gasteiger partial charge on any atom is 0.220 e. The van der Waals surface area contributed by atoms with Crippen LogP contribution in [0.15, 0.2) is 120 Å². The van der Waals surface area contributed by atoms with Crippen molar-refractivity contribution in [3.8, 4) is 5.69 Å². The maximum absolute atomic E-state index is 13.0. The van der Waals surface area contributed by atoms with Gasteiger partial charge in [-0.2, -0.15) is 0 Å². The lowest BCUT2D eigenvalue weighted by molar-refractivity contribution is -0.121. The van der Waals surface area contributed by atoms with Crippen LogP contribution >= 0.6 is 11.8 Å². The average molecular weight is 533 g/mol. The summed E-state index contributed by atoms with van der Waals surface area (Å²) in [6.45, 7) is 2.08. The van der Waals surface area contributed by atoms with Crippen molar-refractivity contribution >= 4 is 17.7 Å². The van der Waals surface area contributed by atoms with Crippen LogP contribution in [0.2, 0.25) is 0 Å². The highest BCUT2D eigenvalue weighted by atomic mass is 32.2. The monoisotopic (exact) mass is 532 g/mol. The number of nitrogens with one attached hydrogen (secondary N) is 1. The average Bonchev–Trinajstić information content (AvgIpc) is 3.38. The molecule has 0 radical (unpaired) electrons. The summed E-state index contributed by atoms with van der Waals surface area (Å²) in [6.07, 6.45) is 1.88. The van der Waals surface area contributed by atoms with Gasteiger partial charge >= 0.3 is 0 Å². The van der Waals surface area contributed by atoms with Crippen LogP contribution in [-0.2, 0) is 11.2 Å². The number of thioether (sulfide) groups is 1. The lowest BCUT2D eigenvalue weighted by Crippen LogP contribution is -2.29. The topological polar surface area (TPSA) is 59.8 Å². The predicted octanol–water partition coefficient (Wildman–Crippen LogP) is 6.94. The van der Waals surface area contributed by atoms with Crippen molar-refractivity contribution in [3.05, 3.63) is 143 Å². The second-order valence-corrected chi connectivity index (χ2v) is 10.6. The van der Waals surface area contributed by atoms with E-state index in [0.29, 0.717) is 12.8 Å². The number of nitrogens with zero attached hydrogens (tertiary/aromatic N) is 3. The summed E-state index contributed by atoms with van der Waals surface area (Å²) in [7, 11) is 0. The zero-order chi connectivity index (χ0) is 26.9. The van der Waals surface area contributed by atoms with Crippen LogP contribution in [-0.4, -0.2) is 26.4 Å². The van der Waals surface area contributed by atoms with Crippen molar-refractivity contribution in [2.24, 2.45) is 0 Å². The SMILES string of the molecule is Cc1ccc(-n2c(Cc3ccccc3)nnc2SCCCC(=O)NC(c2ccccc2)c2ccccc2)cc1. The maximum atomic E-state index is 13.0. The Morgan fingerprint density at radius 3 is 2.00 bits per heavy atom. The molecular weight excluding hydrogens is 500 g/mol. The van der Waals surface area contributed by atoms with Crippen molar-refractivity contribution < 1.29 is 4.79 Å². The lowest BCUT2D eigenvalue weighted by Gasteiger charge is -2.20.